The van der Waals surface area contributed by atoms with Crippen LogP contribution in [-0.4, -0.2) is 11.9 Å². The quantitative estimate of drug-likeness (QED) is 0.498. The summed E-state index contributed by atoms with van der Waals surface area (Å²) in [4.78, 5) is 22.8. The highest BCUT2D eigenvalue weighted by Crippen LogP contribution is 2.21. The van der Waals surface area contributed by atoms with E-state index in [1.54, 1.807) is 6.07 Å². The zero-order valence-corrected chi connectivity index (χ0v) is 12.9. The van der Waals surface area contributed by atoms with Gasteiger partial charge >= 0.3 is 11.9 Å². The Kier molecular flexibility index (Phi) is 5.73. The smallest absolute Gasteiger partial charge is 0.311 e. The molecule has 0 unspecified atom stereocenters. The van der Waals surface area contributed by atoms with Gasteiger partial charge in [0.25, 0.3) is 0 Å². The predicted molar refractivity (Wildman–Crippen MR) is 82.1 cm³/mol. The summed E-state index contributed by atoms with van der Waals surface area (Å²) in [6, 6.07) is 9.69. The monoisotopic (exact) mass is 330 g/mol. The minimum Gasteiger partial charge on any atom is -0.502 e. The van der Waals surface area contributed by atoms with Crippen LogP contribution in [0.5, 0.6) is 11.5 Å². The molecule has 2 rings (SSSR count). The first-order valence-corrected chi connectivity index (χ1v) is 7.15. The molecule has 0 saturated carbocycles. The van der Waals surface area contributed by atoms with Crippen molar-refractivity contribution in [3.8, 4) is 11.5 Å². The van der Waals surface area contributed by atoms with Gasteiger partial charge in [0.1, 0.15) is 17.3 Å². The Hall–Kier alpha value is -3.09. The van der Waals surface area contributed by atoms with Crippen LogP contribution in [0.25, 0.3) is 5.53 Å². The molecule has 0 heterocycles. The van der Waals surface area contributed by atoms with Gasteiger partial charge in [-0.2, -0.15) is 0 Å². The van der Waals surface area contributed by atoms with Crippen molar-refractivity contribution in [3.05, 3.63) is 59.4 Å². The molecule has 7 heteroatoms. The highest BCUT2D eigenvalue weighted by atomic mass is 19.1. The van der Waals surface area contributed by atoms with Crippen molar-refractivity contribution in [1.29, 1.82) is 0 Å². The number of nitrogens with one attached hydrogen (secondary N) is 1. The zero-order chi connectivity index (χ0) is 17.5. The van der Waals surface area contributed by atoms with E-state index in [-0.39, 0.29) is 18.6 Å². The molecular formula is C17H15FN2O4. The second-order valence-corrected chi connectivity index (χ2v) is 4.95. The molecule has 0 amide bonds. The fourth-order valence-electron chi connectivity index (χ4n) is 2.04. The molecule has 124 valence electrons. The molecule has 0 saturated heterocycles. The third-order valence-electron chi connectivity index (χ3n) is 3.10. The van der Waals surface area contributed by atoms with Crippen LogP contribution in [-0.2, 0) is 16.0 Å². The van der Waals surface area contributed by atoms with Gasteiger partial charge in [-0.1, -0.05) is 0 Å². The van der Waals surface area contributed by atoms with Crippen LogP contribution in [0.4, 0.5) is 10.1 Å². The Morgan fingerprint density at radius 1 is 1.08 bits per heavy atom. The summed E-state index contributed by atoms with van der Waals surface area (Å²) in [6.07, 6.45) is 0.271. The molecule has 0 aliphatic heterocycles. The second-order valence-electron chi connectivity index (χ2n) is 4.95. The van der Waals surface area contributed by atoms with Crippen molar-refractivity contribution in [3.63, 3.8) is 0 Å². The first-order chi connectivity index (χ1) is 11.5. The molecule has 0 bridgehead atoms. The van der Waals surface area contributed by atoms with E-state index in [9.17, 15) is 14.0 Å². The van der Waals surface area contributed by atoms with Crippen LogP contribution in [0.15, 0.2) is 42.5 Å². The molecule has 24 heavy (non-hydrogen) atoms. The normalized spacial score (nSPS) is 10.1. The van der Waals surface area contributed by atoms with E-state index in [0.717, 1.165) is 0 Å². The fraction of sp³-hybridized carbons (Fsp3) is 0.176. The number of halogens is 1. The molecule has 0 aliphatic rings. The number of ether oxygens (including phenoxy) is 2. The number of hydrogen-bond donors (Lipinski definition) is 1. The summed E-state index contributed by atoms with van der Waals surface area (Å²) >= 11 is 0. The lowest BCUT2D eigenvalue weighted by Gasteiger charge is -2.07. The highest BCUT2D eigenvalue weighted by Gasteiger charge is 2.12. The summed E-state index contributed by atoms with van der Waals surface area (Å²) < 4.78 is 22.9. The maximum atomic E-state index is 12.8. The Bertz CT molecular complexity index is 760. The number of esters is 2. The van der Waals surface area contributed by atoms with Crippen LogP contribution in [0.3, 0.4) is 0 Å². The third kappa shape index (κ3) is 4.98. The fourth-order valence-corrected chi connectivity index (χ4v) is 2.04. The van der Waals surface area contributed by atoms with Gasteiger partial charge in [-0.25, -0.2) is 4.39 Å². The Morgan fingerprint density at radius 3 is 2.38 bits per heavy atom. The lowest BCUT2D eigenvalue weighted by molar-refractivity contribution is -0.380. The van der Waals surface area contributed by atoms with Crippen LogP contribution < -0.4 is 14.6 Å². The maximum Gasteiger partial charge on any atom is 0.311 e. The standard InChI is InChI=1S/C17H15FN2O4/c1-11(21)23-15-7-8-16(20-19)12(10-15)2-9-17(22)24-14-5-3-13(18)4-6-14/h3-8,10,20H,2,9H2,1H3. The number of rotatable bonds is 6. The zero-order valence-electron chi connectivity index (χ0n) is 12.9. The molecule has 0 aliphatic carbocycles. The largest absolute Gasteiger partial charge is 0.502 e. The van der Waals surface area contributed by atoms with E-state index in [0.29, 0.717) is 17.0 Å². The number of nitrogens with zero attached hydrogens (tertiary/aromatic N) is 1. The molecule has 0 atom stereocenters. The lowest BCUT2D eigenvalue weighted by atomic mass is 10.1. The number of aryl methyl sites for hydroxylation is 1. The van der Waals surface area contributed by atoms with Gasteiger partial charge in [0.15, 0.2) is 5.69 Å². The molecular weight excluding hydrogens is 315 g/mol. The highest BCUT2D eigenvalue weighted by molar-refractivity contribution is 5.73. The van der Waals surface area contributed by atoms with Gasteiger partial charge in [0.05, 0.1) is 6.42 Å². The SMILES string of the molecule is CC(=O)Oc1ccc([NH+]=[N-])c(CCC(=O)Oc2ccc(F)cc2)c1. The average molecular weight is 330 g/mol. The first kappa shape index (κ1) is 17.3. The van der Waals surface area contributed by atoms with Crippen molar-refractivity contribution in [2.75, 3.05) is 0 Å². The molecule has 6 nitrogen and oxygen atoms in total. The molecule has 2 aromatic rings. The average Bonchev–Trinajstić information content (AvgIpc) is 2.55. The van der Waals surface area contributed by atoms with Gasteiger partial charge < -0.3 is 15.0 Å². The number of carbonyl (C=O) groups excluding carboxylic acids is 2. The Balaban J connectivity index is 2.01. The number of hydrogen-bond acceptors (Lipinski definition) is 4. The molecule has 0 fully saturated rings. The van der Waals surface area contributed by atoms with Crippen LogP contribution in [0, 0.1) is 5.82 Å². The molecule has 0 radical (unpaired) electrons. The summed E-state index contributed by atoms with van der Waals surface area (Å²) in [5, 5.41) is 2.02. The second kappa shape index (κ2) is 7.96. The van der Waals surface area contributed by atoms with E-state index >= 15 is 0 Å². The van der Waals surface area contributed by atoms with Gasteiger partial charge in [-0.3, -0.25) is 14.7 Å². The maximum absolute atomic E-state index is 12.8. The van der Waals surface area contributed by atoms with Gasteiger partial charge in [-0.05, 0) is 42.8 Å². The lowest BCUT2D eigenvalue weighted by Crippen LogP contribution is -2.55. The Labute approximate surface area is 137 Å². The van der Waals surface area contributed by atoms with Crippen LogP contribution in [0.1, 0.15) is 18.9 Å². The summed E-state index contributed by atoms with van der Waals surface area (Å²) in [5.41, 5.74) is 10.1. The summed E-state index contributed by atoms with van der Waals surface area (Å²) in [6.45, 7) is 1.28. The van der Waals surface area contributed by atoms with E-state index in [1.165, 1.54) is 43.3 Å². The third-order valence-corrected chi connectivity index (χ3v) is 3.10. The van der Waals surface area contributed by atoms with Crippen LogP contribution in [0.2, 0.25) is 0 Å². The topological polar surface area (TPSA) is 88.9 Å². The van der Waals surface area contributed by atoms with Gasteiger partial charge in [0, 0.05) is 18.6 Å². The van der Waals surface area contributed by atoms with Crippen molar-refractivity contribution < 1.29 is 28.6 Å². The van der Waals surface area contributed by atoms with Crippen molar-refractivity contribution in [2.24, 2.45) is 0 Å². The van der Waals surface area contributed by atoms with E-state index in [2.05, 4.69) is 0 Å². The van der Waals surface area contributed by atoms with Gasteiger partial charge in [0.2, 0.25) is 0 Å². The number of carbonyl (C=O) groups is 2. The molecule has 1 N–H and O–H groups in total. The van der Waals surface area contributed by atoms with E-state index < -0.39 is 17.8 Å². The molecule has 0 aromatic heterocycles. The van der Waals surface area contributed by atoms with Crippen molar-refractivity contribution in [1.82, 2.24) is 0 Å². The Morgan fingerprint density at radius 2 is 1.75 bits per heavy atom. The summed E-state index contributed by atoms with van der Waals surface area (Å²) in [7, 11) is 0. The minimum atomic E-state index is -0.511. The van der Waals surface area contributed by atoms with Crippen LogP contribution >= 0.6 is 0 Å². The molecule has 0 spiro atoms. The van der Waals surface area contributed by atoms with Crippen molar-refractivity contribution in [2.45, 2.75) is 19.8 Å². The first-order valence-electron chi connectivity index (χ1n) is 7.15. The predicted octanol–water partition coefficient (Wildman–Crippen LogP) is 2.02. The van der Waals surface area contributed by atoms with Gasteiger partial charge in [-0.15, -0.1) is 0 Å². The summed E-state index contributed by atoms with van der Waals surface area (Å²) in [5.74, 6) is -0.848. The minimum absolute atomic E-state index is 0.0234. The number of benzene rings is 2. The van der Waals surface area contributed by atoms with E-state index in [1.807, 2.05) is 5.11 Å². The van der Waals surface area contributed by atoms with E-state index in [4.69, 9.17) is 15.0 Å². The molecule has 2 aromatic carbocycles. The van der Waals surface area contributed by atoms with Crippen molar-refractivity contribution >= 4 is 17.6 Å².